The first-order chi connectivity index (χ1) is 22.5. The van der Waals surface area contributed by atoms with Crippen LogP contribution in [0.3, 0.4) is 0 Å². The van der Waals surface area contributed by atoms with Crippen LogP contribution >= 0.6 is 0 Å². The van der Waals surface area contributed by atoms with E-state index in [-0.39, 0.29) is 18.5 Å². The van der Waals surface area contributed by atoms with E-state index < -0.39 is 54.4 Å². The van der Waals surface area contributed by atoms with Gasteiger partial charge in [-0.05, 0) is 54.0 Å². The molecule has 0 aromatic heterocycles. The van der Waals surface area contributed by atoms with E-state index in [9.17, 15) is 24.4 Å². The van der Waals surface area contributed by atoms with Gasteiger partial charge in [0.2, 0.25) is 0 Å². The standard InChI is InChI=1S/C35H39NO11/c1-19(37)42-18-31-33(43-20(2)38)35(45-22(4)40)34(44-21(3)39)32(47-31)29-14-26(13-23-5-7-24(8-6-23)25-9-10-25)27(16-36)15-30(29)46-28-11-12-41-17-28/h5-8,14-15,25,28,31-35H,9-13,17-18H2,1-4H3/t28-,31+,32-,33+,34-,35-/m0/s1. The minimum atomic E-state index is -1.35. The van der Waals surface area contributed by atoms with Crippen molar-refractivity contribution in [2.45, 2.75) is 95.9 Å². The number of hydrogen-bond acceptors (Lipinski definition) is 12. The Labute approximate surface area is 273 Å². The van der Waals surface area contributed by atoms with Crippen molar-refractivity contribution in [2.24, 2.45) is 0 Å². The highest BCUT2D eigenvalue weighted by molar-refractivity contribution is 5.69. The van der Waals surface area contributed by atoms with Crippen LogP contribution in [0.15, 0.2) is 36.4 Å². The lowest BCUT2D eigenvalue weighted by Crippen LogP contribution is -2.59. The van der Waals surface area contributed by atoms with Crippen LogP contribution in [-0.2, 0) is 54.0 Å². The molecule has 0 unspecified atom stereocenters. The number of esters is 4. The van der Waals surface area contributed by atoms with Crippen molar-refractivity contribution in [1.82, 2.24) is 0 Å². The normalized spacial score (nSPS) is 25.3. The Morgan fingerprint density at radius 2 is 1.51 bits per heavy atom. The second-order valence-corrected chi connectivity index (χ2v) is 12.1. The molecule has 2 aliphatic heterocycles. The fourth-order valence-corrected chi connectivity index (χ4v) is 6.03. The molecule has 2 heterocycles. The molecule has 12 nitrogen and oxygen atoms in total. The Morgan fingerprint density at radius 3 is 2.09 bits per heavy atom. The third-order valence-corrected chi connectivity index (χ3v) is 8.26. The Balaban J connectivity index is 1.62. The van der Waals surface area contributed by atoms with Crippen LogP contribution in [0, 0.1) is 11.3 Å². The first kappa shape index (κ1) is 33.9. The summed E-state index contributed by atoms with van der Waals surface area (Å²) in [6, 6.07) is 14.0. The molecule has 0 bridgehead atoms. The summed E-state index contributed by atoms with van der Waals surface area (Å²) in [6.45, 7) is 5.21. The van der Waals surface area contributed by atoms with Crippen LogP contribution in [0.5, 0.6) is 5.75 Å². The van der Waals surface area contributed by atoms with E-state index in [0.717, 1.165) is 5.56 Å². The molecule has 1 aliphatic carbocycles. The van der Waals surface area contributed by atoms with Gasteiger partial charge in [-0.1, -0.05) is 24.3 Å². The zero-order chi connectivity index (χ0) is 33.7. The molecular weight excluding hydrogens is 610 g/mol. The molecule has 0 spiro atoms. The summed E-state index contributed by atoms with van der Waals surface area (Å²) in [7, 11) is 0. The molecule has 12 heteroatoms. The monoisotopic (exact) mass is 649 g/mol. The van der Waals surface area contributed by atoms with E-state index in [4.69, 9.17) is 33.2 Å². The van der Waals surface area contributed by atoms with Crippen molar-refractivity contribution in [1.29, 1.82) is 5.26 Å². The molecule has 47 heavy (non-hydrogen) atoms. The first-order valence-electron chi connectivity index (χ1n) is 15.7. The maximum atomic E-state index is 12.5. The molecule has 2 aromatic rings. The predicted octanol–water partition coefficient (Wildman–Crippen LogP) is 3.99. The van der Waals surface area contributed by atoms with Crippen LogP contribution < -0.4 is 4.74 Å². The fourth-order valence-electron chi connectivity index (χ4n) is 6.03. The summed E-state index contributed by atoms with van der Waals surface area (Å²) in [5.74, 6) is -1.89. The average Bonchev–Trinajstić information content (AvgIpc) is 3.74. The van der Waals surface area contributed by atoms with Gasteiger partial charge >= 0.3 is 23.9 Å². The quantitative estimate of drug-likeness (QED) is 0.255. The smallest absolute Gasteiger partial charge is 0.303 e. The lowest BCUT2D eigenvalue weighted by Gasteiger charge is -2.45. The molecule has 0 amide bonds. The average molecular weight is 650 g/mol. The van der Waals surface area contributed by atoms with Crippen molar-refractivity contribution >= 4 is 23.9 Å². The van der Waals surface area contributed by atoms with Gasteiger partial charge < -0.3 is 33.2 Å². The molecular formula is C35H39NO11. The van der Waals surface area contributed by atoms with Crippen molar-refractivity contribution < 1.29 is 52.3 Å². The van der Waals surface area contributed by atoms with Crippen LogP contribution in [0.1, 0.15) is 86.8 Å². The Kier molecular flexibility index (Phi) is 10.8. The number of ether oxygens (including phenoxy) is 7. The third kappa shape index (κ3) is 8.67. The highest BCUT2D eigenvalue weighted by atomic mass is 16.7. The van der Waals surface area contributed by atoms with Gasteiger partial charge in [0.25, 0.3) is 0 Å². The number of nitriles is 1. The molecule has 1 saturated carbocycles. The minimum Gasteiger partial charge on any atom is -0.487 e. The van der Waals surface area contributed by atoms with Crippen molar-refractivity contribution in [3.63, 3.8) is 0 Å². The second-order valence-electron chi connectivity index (χ2n) is 12.1. The van der Waals surface area contributed by atoms with E-state index in [0.29, 0.717) is 48.7 Å². The fraction of sp³-hybridized carbons (Fsp3) is 0.514. The van der Waals surface area contributed by atoms with Gasteiger partial charge in [0.15, 0.2) is 18.3 Å². The molecule has 5 rings (SSSR count). The van der Waals surface area contributed by atoms with E-state index in [1.54, 1.807) is 12.1 Å². The largest absolute Gasteiger partial charge is 0.487 e. The molecule has 0 N–H and O–H groups in total. The Hall–Kier alpha value is -4.47. The van der Waals surface area contributed by atoms with E-state index in [1.807, 2.05) is 12.1 Å². The number of rotatable bonds is 11. The van der Waals surface area contributed by atoms with Crippen LogP contribution in [0.2, 0.25) is 0 Å². The topological polar surface area (TPSA) is 157 Å². The summed E-state index contributed by atoms with van der Waals surface area (Å²) in [5.41, 5.74) is 3.70. The number of carbonyl (C=O) groups is 4. The Morgan fingerprint density at radius 1 is 0.851 bits per heavy atom. The van der Waals surface area contributed by atoms with E-state index in [1.165, 1.54) is 46.1 Å². The molecule has 0 radical (unpaired) electrons. The van der Waals surface area contributed by atoms with Crippen molar-refractivity contribution in [2.75, 3.05) is 19.8 Å². The summed E-state index contributed by atoms with van der Waals surface area (Å²) in [4.78, 5) is 48.9. The summed E-state index contributed by atoms with van der Waals surface area (Å²) >= 11 is 0. The van der Waals surface area contributed by atoms with Crippen molar-refractivity contribution in [3.05, 3.63) is 64.2 Å². The molecule has 2 saturated heterocycles. The van der Waals surface area contributed by atoms with Gasteiger partial charge in [-0.3, -0.25) is 19.2 Å². The van der Waals surface area contributed by atoms with Gasteiger partial charge in [0, 0.05) is 39.7 Å². The van der Waals surface area contributed by atoms with E-state index >= 15 is 0 Å². The van der Waals surface area contributed by atoms with Gasteiger partial charge in [0.05, 0.1) is 24.8 Å². The van der Waals surface area contributed by atoms with Gasteiger partial charge in [-0.25, -0.2) is 0 Å². The second kappa shape index (κ2) is 15.0. The number of carbonyl (C=O) groups excluding carboxylic acids is 4. The van der Waals surface area contributed by atoms with Crippen LogP contribution in [0.25, 0.3) is 0 Å². The maximum Gasteiger partial charge on any atom is 0.303 e. The van der Waals surface area contributed by atoms with Gasteiger partial charge in [0.1, 0.15) is 30.7 Å². The van der Waals surface area contributed by atoms with Crippen LogP contribution in [-0.4, -0.2) is 74.2 Å². The first-order valence-corrected chi connectivity index (χ1v) is 15.7. The SMILES string of the molecule is CC(=O)OC[C@H]1O[C@@H](c2cc(Cc3ccc(C4CC4)cc3)c(C#N)cc2O[C@H]2CCOC2)[C@H](OC(C)=O)[C@@H](OC(C)=O)[C@@H]1OC(C)=O. The Bertz CT molecular complexity index is 1520. The minimum absolute atomic E-state index is 0.283. The van der Waals surface area contributed by atoms with Gasteiger partial charge in [-0.15, -0.1) is 0 Å². The zero-order valence-corrected chi connectivity index (χ0v) is 26.9. The molecule has 3 fully saturated rings. The molecule has 3 aliphatic rings. The van der Waals surface area contributed by atoms with Crippen LogP contribution in [0.4, 0.5) is 0 Å². The number of hydrogen-bond donors (Lipinski definition) is 0. The van der Waals surface area contributed by atoms with Crippen molar-refractivity contribution in [3.8, 4) is 11.8 Å². The number of nitrogens with zero attached hydrogens (tertiary/aromatic N) is 1. The predicted molar refractivity (Wildman–Crippen MR) is 163 cm³/mol. The third-order valence-electron chi connectivity index (χ3n) is 8.26. The summed E-state index contributed by atoms with van der Waals surface area (Å²) in [6.07, 6.45) is -3.23. The molecule has 2 aromatic carbocycles. The summed E-state index contributed by atoms with van der Waals surface area (Å²) < 4.78 is 40.6. The maximum absolute atomic E-state index is 12.5. The molecule has 6 atom stereocenters. The summed E-state index contributed by atoms with van der Waals surface area (Å²) in [5, 5.41) is 10.2. The number of benzene rings is 2. The lowest BCUT2D eigenvalue weighted by atomic mass is 9.87. The highest BCUT2D eigenvalue weighted by Gasteiger charge is 2.53. The zero-order valence-electron chi connectivity index (χ0n) is 26.9. The highest BCUT2D eigenvalue weighted by Crippen LogP contribution is 2.43. The van der Waals surface area contributed by atoms with Gasteiger partial charge in [-0.2, -0.15) is 5.26 Å². The lowest BCUT2D eigenvalue weighted by molar-refractivity contribution is -0.254. The molecule has 250 valence electrons. The van der Waals surface area contributed by atoms with E-state index in [2.05, 4.69) is 18.2 Å².